The lowest BCUT2D eigenvalue weighted by atomic mass is 9.54. The Morgan fingerprint density at radius 3 is 2.48 bits per heavy atom. The molecule has 0 bridgehead atoms. The molecule has 0 unspecified atom stereocenters. The van der Waals surface area contributed by atoms with Crippen LogP contribution in [0.15, 0.2) is 23.3 Å². The quantitative estimate of drug-likeness (QED) is 0.470. The molecule has 3 aliphatic rings. The second kappa shape index (κ2) is 9.16. The Balaban J connectivity index is 2.17. The first-order chi connectivity index (χ1) is 14.5. The van der Waals surface area contributed by atoms with Crippen molar-refractivity contribution in [2.24, 2.45) is 29.1 Å². The zero-order valence-corrected chi connectivity index (χ0v) is 19.7. The summed E-state index contributed by atoms with van der Waals surface area (Å²) >= 11 is 0. The third-order valence-corrected chi connectivity index (χ3v) is 7.79. The SMILES string of the molecule is CO[C@H]1[C@@H](O)CC/C(C)=C/[C@H]2C=C(C)[C@@H](C)[C@H]3[C@H](CC(C)C)NC(=O)[C@]32C(=O)C[C@@H]1O. The number of carbonyl (C=O) groups excluding carboxylic acids is 2. The van der Waals surface area contributed by atoms with E-state index in [4.69, 9.17) is 4.74 Å². The molecule has 3 N–H and O–H groups in total. The van der Waals surface area contributed by atoms with E-state index in [0.29, 0.717) is 18.8 Å². The summed E-state index contributed by atoms with van der Waals surface area (Å²) in [6.07, 6.45) is 2.84. The van der Waals surface area contributed by atoms with Gasteiger partial charge in [-0.1, -0.05) is 44.1 Å². The van der Waals surface area contributed by atoms with Gasteiger partial charge in [0.1, 0.15) is 11.5 Å². The van der Waals surface area contributed by atoms with Gasteiger partial charge in [-0.3, -0.25) is 9.59 Å². The van der Waals surface area contributed by atoms with Crippen molar-refractivity contribution in [2.45, 2.75) is 84.7 Å². The first-order valence-corrected chi connectivity index (χ1v) is 11.6. The monoisotopic (exact) mass is 433 g/mol. The molecule has 3 rings (SSSR count). The smallest absolute Gasteiger partial charge is 0.235 e. The number of hydrogen-bond donors (Lipinski definition) is 3. The van der Waals surface area contributed by atoms with Gasteiger partial charge in [0.05, 0.1) is 12.2 Å². The van der Waals surface area contributed by atoms with Crippen LogP contribution in [0.25, 0.3) is 0 Å². The molecule has 1 fully saturated rings. The highest BCUT2D eigenvalue weighted by molar-refractivity contribution is 6.09. The van der Waals surface area contributed by atoms with Gasteiger partial charge in [-0.05, 0) is 44.9 Å². The number of aliphatic hydroxyl groups is 2. The molecule has 6 nitrogen and oxygen atoms in total. The van der Waals surface area contributed by atoms with E-state index in [-0.39, 0.29) is 41.9 Å². The van der Waals surface area contributed by atoms with Crippen LogP contribution in [0.2, 0.25) is 0 Å². The van der Waals surface area contributed by atoms with Gasteiger partial charge in [-0.2, -0.15) is 0 Å². The first-order valence-electron chi connectivity index (χ1n) is 11.6. The highest BCUT2D eigenvalue weighted by atomic mass is 16.5. The fourth-order valence-corrected chi connectivity index (χ4v) is 6.18. The van der Waals surface area contributed by atoms with Crippen LogP contribution < -0.4 is 5.32 Å². The molecule has 1 saturated heterocycles. The van der Waals surface area contributed by atoms with Gasteiger partial charge in [-0.25, -0.2) is 0 Å². The van der Waals surface area contributed by atoms with E-state index in [2.05, 4.69) is 39.1 Å². The molecule has 0 aromatic heterocycles. The van der Waals surface area contributed by atoms with Gasteiger partial charge in [0.15, 0.2) is 5.78 Å². The molecule has 1 heterocycles. The maximum absolute atomic E-state index is 13.9. The lowest BCUT2D eigenvalue weighted by Crippen LogP contribution is -2.54. The minimum absolute atomic E-state index is 0.0719. The van der Waals surface area contributed by atoms with Crippen LogP contribution in [0.1, 0.15) is 60.3 Å². The third kappa shape index (κ3) is 4.14. The summed E-state index contributed by atoms with van der Waals surface area (Å²) in [6.45, 7) is 10.4. The maximum atomic E-state index is 13.9. The fraction of sp³-hybridized carbons (Fsp3) is 0.760. The van der Waals surface area contributed by atoms with Crippen molar-refractivity contribution in [2.75, 3.05) is 7.11 Å². The minimum Gasteiger partial charge on any atom is -0.390 e. The molecule has 1 amide bonds. The molecule has 2 aliphatic carbocycles. The van der Waals surface area contributed by atoms with Gasteiger partial charge in [0.2, 0.25) is 5.91 Å². The molecular formula is C25H39NO5. The zero-order chi connectivity index (χ0) is 23.1. The summed E-state index contributed by atoms with van der Waals surface area (Å²) in [5.74, 6) is -0.559. The van der Waals surface area contributed by atoms with Crippen molar-refractivity contribution in [1.82, 2.24) is 5.32 Å². The van der Waals surface area contributed by atoms with Gasteiger partial charge in [0.25, 0.3) is 0 Å². The number of Topliss-reactive ketones (excluding diaryl/α,β-unsaturated/α-hetero) is 1. The number of ketones is 1. The average Bonchev–Trinajstić information content (AvgIpc) is 2.96. The summed E-state index contributed by atoms with van der Waals surface area (Å²) < 4.78 is 5.37. The van der Waals surface area contributed by atoms with E-state index in [1.165, 1.54) is 12.7 Å². The lowest BCUT2D eigenvalue weighted by Gasteiger charge is -2.45. The van der Waals surface area contributed by atoms with E-state index < -0.39 is 23.7 Å². The molecule has 0 saturated carbocycles. The van der Waals surface area contributed by atoms with E-state index >= 15 is 0 Å². The standard InChI is InChI=1S/C25H39NO5/c1-13(2)9-18-22-16(5)15(4)11-17-10-14(3)7-8-19(27)23(31-6)20(28)12-21(29)25(17,22)24(30)26-18/h10-11,13,16-20,22-23,27-28H,7-9,12H2,1-6H3,(H,26,30)/b14-10+/t16-,17+,18+,19+,20+,22+,23+,25-/m1/s1. The molecule has 31 heavy (non-hydrogen) atoms. The zero-order valence-electron chi connectivity index (χ0n) is 19.7. The highest BCUT2D eigenvalue weighted by Crippen LogP contribution is 2.55. The van der Waals surface area contributed by atoms with Crippen molar-refractivity contribution in [3.8, 4) is 0 Å². The van der Waals surface area contributed by atoms with Crippen molar-refractivity contribution >= 4 is 11.7 Å². The molecule has 0 aromatic rings. The molecule has 8 atom stereocenters. The topological polar surface area (TPSA) is 95.9 Å². The number of aliphatic hydroxyl groups excluding tert-OH is 2. The minimum atomic E-state index is -1.24. The van der Waals surface area contributed by atoms with Crippen LogP contribution >= 0.6 is 0 Å². The van der Waals surface area contributed by atoms with E-state index in [1.54, 1.807) is 0 Å². The number of carbonyl (C=O) groups is 2. The predicted octanol–water partition coefficient (Wildman–Crippen LogP) is 2.78. The Hall–Kier alpha value is -1.50. The van der Waals surface area contributed by atoms with Gasteiger partial charge < -0.3 is 20.3 Å². The summed E-state index contributed by atoms with van der Waals surface area (Å²) in [5.41, 5.74) is 0.979. The largest absolute Gasteiger partial charge is 0.390 e. The molecule has 0 aromatic carbocycles. The van der Waals surface area contributed by atoms with Gasteiger partial charge >= 0.3 is 0 Å². The molecular weight excluding hydrogens is 394 g/mol. The summed E-state index contributed by atoms with van der Waals surface area (Å²) in [5, 5.41) is 24.6. The average molecular weight is 434 g/mol. The van der Waals surface area contributed by atoms with Crippen molar-refractivity contribution in [1.29, 1.82) is 0 Å². The van der Waals surface area contributed by atoms with E-state index in [1.807, 2.05) is 13.0 Å². The van der Waals surface area contributed by atoms with Crippen LogP contribution in [0.5, 0.6) is 0 Å². The number of rotatable bonds is 3. The van der Waals surface area contributed by atoms with Crippen LogP contribution in [0.4, 0.5) is 0 Å². The Bertz CT molecular complexity index is 772. The summed E-state index contributed by atoms with van der Waals surface area (Å²) in [6, 6.07) is -0.0858. The Morgan fingerprint density at radius 1 is 1.19 bits per heavy atom. The van der Waals surface area contributed by atoms with Crippen LogP contribution in [-0.2, 0) is 14.3 Å². The second-order valence-corrected chi connectivity index (χ2v) is 10.3. The van der Waals surface area contributed by atoms with Gasteiger partial charge in [-0.15, -0.1) is 0 Å². The molecule has 6 heteroatoms. The Morgan fingerprint density at radius 2 is 1.87 bits per heavy atom. The maximum Gasteiger partial charge on any atom is 0.235 e. The number of nitrogens with one attached hydrogen (secondary N) is 1. The lowest BCUT2D eigenvalue weighted by molar-refractivity contribution is -0.149. The van der Waals surface area contributed by atoms with E-state index in [9.17, 15) is 19.8 Å². The molecule has 1 aliphatic heterocycles. The van der Waals surface area contributed by atoms with Crippen molar-refractivity contribution in [3.63, 3.8) is 0 Å². The predicted molar refractivity (Wildman–Crippen MR) is 119 cm³/mol. The van der Waals surface area contributed by atoms with E-state index in [0.717, 1.165) is 12.0 Å². The molecule has 1 spiro atoms. The van der Waals surface area contributed by atoms with Crippen LogP contribution in [0.3, 0.4) is 0 Å². The van der Waals surface area contributed by atoms with Crippen LogP contribution in [-0.4, -0.2) is 53.4 Å². The molecule has 174 valence electrons. The third-order valence-electron chi connectivity index (χ3n) is 7.79. The Kier molecular flexibility index (Phi) is 7.14. The first kappa shape index (κ1) is 24.1. The highest BCUT2D eigenvalue weighted by Gasteiger charge is 2.65. The number of allylic oxidation sites excluding steroid dienone is 4. The molecule has 0 radical (unpaired) electrons. The number of ether oxygens (including phenoxy) is 1. The van der Waals surface area contributed by atoms with Crippen LogP contribution in [0, 0.1) is 29.1 Å². The summed E-state index contributed by atoms with van der Waals surface area (Å²) in [4.78, 5) is 27.6. The Labute approximate surface area is 186 Å². The van der Waals surface area contributed by atoms with Gasteiger partial charge in [0, 0.05) is 31.4 Å². The number of hydrogen-bond acceptors (Lipinski definition) is 5. The number of methoxy groups -OCH3 is 1. The van der Waals surface area contributed by atoms with Crippen molar-refractivity contribution in [3.05, 3.63) is 23.3 Å². The fourth-order valence-electron chi connectivity index (χ4n) is 6.18. The number of amides is 1. The second-order valence-electron chi connectivity index (χ2n) is 10.3. The summed E-state index contributed by atoms with van der Waals surface area (Å²) in [7, 11) is 1.43. The van der Waals surface area contributed by atoms with Crippen molar-refractivity contribution < 1.29 is 24.5 Å². The normalized spacial score (nSPS) is 43.3.